The highest BCUT2D eigenvalue weighted by Gasteiger charge is 2.49. The quantitative estimate of drug-likeness (QED) is 0.829. The smallest absolute Gasteiger partial charge is 0.0736 e. The molecule has 1 aromatic carbocycles. The van der Waals surface area contributed by atoms with Crippen LogP contribution in [0.15, 0.2) is 48.8 Å². The topological polar surface area (TPSA) is 25.4 Å². The van der Waals surface area contributed by atoms with Gasteiger partial charge in [0.25, 0.3) is 0 Å². The molecule has 2 saturated heterocycles. The lowest BCUT2D eigenvalue weighted by atomic mass is 9.92. The summed E-state index contributed by atoms with van der Waals surface area (Å²) in [4.78, 5) is 6.71. The molecule has 0 N–H and O–H groups in total. The van der Waals surface area contributed by atoms with E-state index in [4.69, 9.17) is 4.74 Å². The summed E-state index contributed by atoms with van der Waals surface area (Å²) in [6.07, 6.45) is 5.27. The van der Waals surface area contributed by atoms with Crippen molar-refractivity contribution < 1.29 is 4.74 Å². The van der Waals surface area contributed by atoms with Crippen molar-refractivity contribution in [1.29, 1.82) is 0 Å². The van der Waals surface area contributed by atoms with E-state index in [2.05, 4.69) is 58.9 Å². The zero-order valence-corrected chi connectivity index (χ0v) is 15.0. The number of ether oxygens (including phenoxy) is 1. The van der Waals surface area contributed by atoms with E-state index in [1.807, 2.05) is 12.3 Å². The van der Waals surface area contributed by atoms with Crippen LogP contribution in [0.3, 0.4) is 0 Å². The molecule has 0 aliphatic carbocycles. The maximum atomic E-state index is 6.11. The van der Waals surface area contributed by atoms with Crippen molar-refractivity contribution in [2.24, 2.45) is 0 Å². The minimum atomic E-state index is 0.385. The first-order chi connectivity index (χ1) is 11.7. The van der Waals surface area contributed by atoms with Crippen LogP contribution in [-0.4, -0.2) is 39.6 Å². The van der Waals surface area contributed by atoms with Crippen LogP contribution in [0.4, 0.5) is 0 Å². The first-order valence-electron chi connectivity index (χ1n) is 8.63. The second kappa shape index (κ2) is 6.87. The maximum absolute atomic E-state index is 6.11. The molecule has 2 aliphatic heterocycles. The van der Waals surface area contributed by atoms with Gasteiger partial charge in [-0.25, -0.2) is 0 Å². The first-order valence-corrected chi connectivity index (χ1v) is 9.62. The molecule has 0 amide bonds. The molecule has 1 atom stereocenters. The van der Waals surface area contributed by atoms with Crippen molar-refractivity contribution in [3.8, 4) is 0 Å². The minimum absolute atomic E-state index is 0.385. The van der Waals surface area contributed by atoms with Gasteiger partial charge < -0.3 is 4.74 Å². The Bertz CT molecular complexity index is 685. The molecule has 3 nitrogen and oxygen atoms in total. The highest BCUT2D eigenvalue weighted by molar-refractivity contribution is 8.01. The van der Waals surface area contributed by atoms with Crippen molar-refractivity contribution in [2.45, 2.75) is 37.3 Å². The zero-order chi connectivity index (χ0) is 16.4. The number of aromatic nitrogens is 1. The van der Waals surface area contributed by atoms with Crippen molar-refractivity contribution in [3.63, 3.8) is 0 Å². The second-order valence-electron chi connectivity index (χ2n) is 7.13. The number of pyridine rings is 1. The van der Waals surface area contributed by atoms with Gasteiger partial charge in [0.15, 0.2) is 0 Å². The van der Waals surface area contributed by atoms with Gasteiger partial charge in [-0.05, 0) is 30.5 Å². The van der Waals surface area contributed by atoms with E-state index in [-0.39, 0.29) is 0 Å². The molecule has 3 heterocycles. The Kier molecular flexibility index (Phi) is 4.61. The number of likely N-dealkylation sites (tertiary alicyclic amines) is 1. The summed E-state index contributed by atoms with van der Waals surface area (Å²) >= 11 is 2.11. The largest absolute Gasteiger partial charge is 0.373 e. The standard InChI is InChI=1S/C20H24N2OS/c1-16-4-2-5-17(8-16)11-22-14-20(15-22)9-19(13-24-20)23-12-18-6-3-7-21-10-18/h2-8,10,19H,9,11-15H2,1H3/t19-/m0/s1. The summed E-state index contributed by atoms with van der Waals surface area (Å²) in [7, 11) is 0. The predicted molar refractivity (Wildman–Crippen MR) is 99.1 cm³/mol. The molecule has 2 aliphatic rings. The molecule has 0 bridgehead atoms. The summed E-state index contributed by atoms with van der Waals surface area (Å²) in [6.45, 7) is 6.31. The summed E-state index contributed by atoms with van der Waals surface area (Å²) < 4.78 is 6.54. The number of thioether (sulfide) groups is 1. The van der Waals surface area contributed by atoms with Gasteiger partial charge in [0.05, 0.1) is 12.7 Å². The van der Waals surface area contributed by atoms with Gasteiger partial charge >= 0.3 is 0 Å². The number of benzene rings is 1. The van der Waals surface area contributed by atoms with E-state index in [1.165, 1.54) is 30.6 Å². The van der Waals surface area contributed by atoms with Crippen LogP contribution in [-0.2, 0) is 17.9 Å². The fourth-order valence-corrected chi connectivity index (χ4v) is 5.38. The second-order valence-corrected chi connectivity index (χ2v) is 8.61. The molecule has 0 saturated carbocycles. The van der Waals surface area contributed by atoms with Crippen LogP contribution in [0.1, 0.15) is 23.1 Å². The number of hydrogen-bond acceptors (Lipinski definition) is 4. The molecule has 4 rings (SSSR count). The lowest BCUT2D eigenvalue weighted by Gasteiger charge is -2.47. The normalized spacial score (nSPS) is 22.6. The van der Waals surface area contributed by atoms with Crippen molar-refractivity contribution in [3.05, 3.63) is 65.5 Å². The average Bonchev–Trinajstić information content (AvgIpc) is 2.98. The van der Waals surface area contributed by atoms with E-state index < -0.39 is 0 Å². The van der Waals surface area contributed by atoms with Gasteiger partial charge in [0.1, 0.15) is 0 Å². The number of nitrogens with zero attached hydrogens (tertiary/aromatic N) is 2. The molecule has 0 unspecified atom stereocenters. The Morgan fingerprint density at radius 2 is 2.12 bits per heavy atom. The van der Waals surface area contributed by atoms with E-state index in [0.717, 1.165) is 17.9 Å². The zero-order valence-electron chi connectivity index (χ0n) is 14.1. The molecular weight excluding hydrogens is 316 g/mol. The Morgan fingerprint density at radius 3 is 2.92 bits per heavy atom. The molecule has 1 spiro atoms. The lowest BCUT2D eigenvalue weighted by Crippen LogP contribution is -2.58. The van der Waals surface area contributed by atoms with Gasteiger partial charge in [-0.15, -0.1) is 11.8 Å². The summed E-state index contributed by atoms with van der Waals surface area (Å²) in [6, 6.07) is 12.9. The van der Waals surface area contributed by atoms with E-state index >= 15 is 0 Å². The Hall–Kier alpha value is -1.36. The van der Waals surface area contributed by atoms with E-state index in [0.29, 0.717) is 17.5 Å². The summed E-state index contributed by atoms with van der Waals surface area (Å²) in [5.74, 6) is 1.12. The van der Waals surface area contributed by atoms with Gasteiger partial charge in [0, 0.05) is 42.5 Å². The lowest BCUT2D eigenvalue weighted by molar-refractivity contribution is 0.0263. The fourth-order valence-electron chi connectivity index (χ4n) is 3.78. The number of rotatable bonds is 5. The minimum Gasteiger partial charge on any atom is -0.373 e. The van der Waals surface area contributed by atoms with E-state index in [9.17, 15) is 0 Å². The predicted octanol–water partition coefficient (Wildman–Crippen LogP) is 3.67. The molecule has 24 heavy (non-hydrogen) atoms. The molecule has 4 heteroatoms. The van der Waals surface area contributed by atoms with Gasteiger partial charge in [-0.3, -0.25) is 9.88 Å². The third-order valence-corrected chi connectivity index (χ3v) is 6.47. The van der Waals surface area contributed by atoms with Gasteiger partial charge in [0.2, 0.25) is 0 Å². The maximum Gasteiger partial charge on any atom is 0.0736 e. The summed E-state index contributed by atoms with van der Waals surface area (Å²) in [5.41, 5.74) is 3.94. The highest BCUT2D eigenvalue weighted by atomic mass is 32.2. The molecule has 2 aromatic rings. The third kappa shape index (κ3) is 3.66. The van der Waals surface area contributed by atoms with Crippen LogP contribution in [0.5, 0.6) is 0 Å². The SMILES string of the molecule is Cc1cccc(CN2CC3(C[C@H](OCc4cccnc4)CS3)C2)c1. The van der Waals surface area contributed by atoms with E-state index in [1.54, 1.807) is 6.20 Å². The molecule has 2 fully saturated rings. The molecule has 1 aromatic heterocycles. The fraction of sp³-hybridized carbons (Fsp3) is 0.450. The Labute approximate surface area is 148 Å². The van der Waals surface area contributed by atoms with Gasteiger partial charge in [-0.2, -0.15) is 0 Å². The number of hydrogen-bond donors (Lipinski definition) is 0. The third-order valence-electron chi connectivity index (χ3n) is 4.90. The van der Waals surface area contributed by atoms with Crippen molar-refractivity contribution >= 4 is 11.8 Å². The molecule has 126 valence electrons. The highest BCUT2D eigenvalue weighted by Crippen LogP contribution is 2.46. The van der Waals surface area contributed by atoms with Gasteiger partial charge in [-0.1, -0.05) is 35.9 Å². The average molecular weight is 340 g/mol. The van der Waals surface area contributed by atoms with Crippen molar-refractivity contribution in [1.82, 2.24) is 9.88 Å². The van der Waals surface area contributed by atoms with Crippen molar-refractivity contribution in [2.75, 3.05) is 18.8 Å². The Balaban J connectivity index is 1.24. The van der Waals surface area contributed by atoms with Crippen LogP contribution in [0.2, 0.25) is 0 Å². The summed E-state index contributed by atoms with van der Waals surface area (Å²) in [5, 5.41) is 0. The van der Waals surface area contributed by atoms with Crippen LogP contribution in [0.25, 0.3) is 0 Å². The Morgan fingerprint density at radius 1 is 1.25 bits per heavy atom. The monoisotopic (exact) mass is 340 g/mol. The molecular formula is C20H24N2OS. The van der Waals surface area contributed by atoms with Crippen LogP contribution >= 0.6 is 11.8 Å². The molecule has 0 radical (unpaired) electrons. The van der Waals surface area contributed by atoms with Crippen LogP contribution in [0, 0.1) is 6.92 Å². The van der Waals surface area contributed by atoms with Crippen LogP contribution < -0.4 is 0 Å². The number of aryl methyl sites for hydroxylation is 1. The first kappa shape index (κ1) is 16.1.